The van der Waals surface area contributed by atoms with Gasteiger partial charge in [0.2, 0.25) is 5.91 Å². The second-order valence-electron chi connectivity index (χ2n) is 5.26. The van der Waals surface area contributed by atoms with E-state index in [1.54, 1.807) is 0 Å². The van der Waals surface area contributed by atoms with E-state index in [-0.39, 0.29) is 5.91 Å². The molecule has 0 unspecified atom stereocenters. The van der Waals surface area contributed by atoms with Gasteiger partial charge in [-0.1, -0.05) is 0 Å². The molecular formula is C14H23BrN4O2. The van der Waals surface area contributed by atoms with Crippen LogP contribution in [0.4, 0.5) is 0 Å². The van der Waals surface area contributed by atoms with Crippen molar-refractivity contribution in [2.75, 3.05) is 39.4 Å². The lowest BCUT2D eigenvalue weighted by molar-refractivity contribution is -0.121. The smallest absolute Gasteiger partial charge is 0.221 e. The third-order valence-electron chi connectivity index (χ3n) is 3.70. The highest BCUT2D eigenvalue weighted by molar-refractivity contribution is 9.10. The molecule has 118 valence electrons. The zero-order valence-electron chi connectivity index (χ0n) is 12.7. The minimum absolute atomic E-state index is 0.0759. The van der Waals surface area contributed by atoms with Gasteiger partial charge in [0, 0.05) is 38.3 Å². The molecule has 1 fully saturated rings. The Hall–Kier alpha value is -0.920. The van der Waals surface area contributed by atoms with Gasteiger partial charge >= 0.3 is 0 Å². The molecule has 2 rings (SSSR count). The van der Waals surface area contributed by atoms with Gasteiger partial charge in [-0.15, -0.1) is 0 Å². The van der Waals surface area contributed by atoms with Crippen LogP contribution in [0.5, 0.6) is 0 Å². The summed E-state index contributed by atoms with van der Waals surface area (Å²) < 4.78 is 8.19. The van der Waals surface area contributed by atoms with E-state index >= 15 is 0 Å². The molecule has 0 saturated carbocycles. The molecule has 21 heavy (non-hydrogen) atoms. The van der Waals surface area contributed by atoms with Crippen LogP contribution < -0.4 is 5.32 Å². The lowest BCUT2D eigenvalue weighted by atomic mass is 10.3. The molecule has 1 aliphatic heterocycles. The SMILES string of the molecule is Cc1nn(CCC(=O)NCCN2CCOCC2)c(C)c1Br. The minimum Gasteiger partial charge on any atom is -0.379 e. The highest BCUT2D eigenvalue weighted by Gasteiger charge is 2.12. The summed E-state index contributed by atoms with van der Waals surface area (Å²) in [6, 6.07) is 0. The highest BCUT2D eigenvalue weighted by Crippen LogP contribution is 2.19. The number of halogens is 1. The molecule has 0 spiro atoms. The number of nitrogens with one attached hydrogen (secondary N) is 1. The van der Waals surface area contributed by atoms with Crippen molar-refractivity contribution in [3.05, 3.63) is 15.9 Å². The summed E-state index contributed by atoms with van der Waals surface area (Å²) in [6.45, 7) is 9.64. The number of nitrogens with zero attached hydrogens (tertiary/aromatic N) is 3. The van der Waals surface area contributed by atoms with Gasteiger partial charge in [-0.25, -0.2) is 0 Å². The molecule has 1 aromatic heterocycles. The van der Waals surface area contributed by atoms with E-state index in [1.807, 2.05) is 18.5 Å². The van der Waals surface area contributed by atoms with E-state index in [4.69, 9.17) is 4.74 Å². The number of morpholine rings is 1. The number of rotatable bonds is 6. The maximum absolute atomic E-state index is 11.9. The van der Waals surface area contributed by atoms with Crippen molar-refractivity contribution in [2.24, 2.45) is 0 Å². The molecule has 0 aliphatic carbocycles. The Labute approximate surface area is 133 Å². The third-order valence-corrected chi connectivity index (χ3v) is 4.85. The lowest BCUT2D eigenvalue weighted by Gasteiger charge is -2.26. The summed E-state index contributed by atoms with van der Waals surface area (Å²) >= 11 is 3.49. The lowest BCUT2D eigenvalue weighted by Crippen LogP contribution is -2.41. The Balaban J connectivity index is 1.66. The van der Waals surface area contributed by atoms with Crippen molar-refractivity contribution in [3.8, 4) is 0 Å². The summed E-state index contributed by atoms with van der Waals surface area (Å²) in [6.07, 6.45) is 0.456. The Kier molecular flexibility index (Phi) is 6.20. The van der Waals surface area contributed by atoms with Gasteiger partial charge in [0.15, 0.2) is 0 Å². The van der Waals surface area contributed by atoms with Gasteiger partial charge in [0.1, 0.15) is 0 Å². The molecule has 0 radical (unpaired) electrons. The molecule has 1 saturated heterocycles. The quantitative estimate of drug-likeness (QED) is 0.827. The molecule has 0 atom stereocenters. The van der Waals surface area contributed by atoms with Crippen molar-refractivity contribution in [1.29, 1.82) is 0 Å². The number of aromatic nitrogens is 2. The standard InChI is InChI=1S/C14H23BrN4O2/c1-11-14(15)12(2)19(17-11)5-3-13(20)16-4-6-18-7-9-21-10-8-18/h3-10H2,1-2H3,(H,16,20). The predicted octanol–water partition coefficient (Wildman–Crippen LogP) is 1.10. The Morgan fingerprint density at radius 2 is 2.05 bits per heavy atom. The first-order valence-corrected chi connectivity index (χ1v) is 8.13. The Morgan fingerprint density at radius 1 is 1.33 bits per heavy atom. The third kappa shape index (κ3) is 4.79. The number of aryl methyl sites for hydroxylation is 2. The second kappa shape index (κ2) is 7.91. The summed E-state index contributed by atoms with van der Waals surface area (Å²) in [5.74, 6) is 0.0759. The van der Waals surface area contributed by atoms with Gasteiger partial charge in [0.25, 0.3) is 0 Å². The Bertz CT molecular complexity index is 484. The van der Waals surface area contributed by atoms with E-state index in [2.05, 4.69) is 31.2 Å². The fourth-order valence-electron chi connectivity index (χ4n) is 2.37. The summed E-state index contributed by atoms with van der Waals surface area (Å²) in [7, 11) is 0. The summed E-state index contributed by atoms with van der Waals surface area (Å²) in [4.78, 5) is 14.2. The van der Waals surface area contributed by atoms with Crippen LogP contribution >= 0.6 is 15.9 Å². The van der Waals surface area contributed by atoms with Gasteiger partial charge in [-0.3, -0.25) is 14.4 Å². The monoisotopic (exact) mass is 358 g/mol. The zero-order chi connectivity index (χ0) is 15.2. The molecule has 6 nitrogen and oxygen atoms in total. The fourth-order valence-corrected chi connectivity index (χ4v) is 2.65. The first-order valence-electron chi connectivity index (χ1n) is 7.34. The second-order valence-corrected chi connectivity index (χ2v) is 6.05. The van der Waals surface area contributed by atoms with Gasteiger partial charge in [-0.2, -0.15) is 5.10 Å². The van der Waals surface area contributed by atoms with Gasteiger partial charge < -0.3 is 10.1 Å². The molecular weight excluding hydrogens is 336 g/mol. The average Bonchev–Trinajstić information content (AvgIpc) is 2.73. The number of hydrogen-bond acceptors (Lipinski definition) is 4. The maximum Gasteiger partial charge on any atom is 0.221 e. The number of amides is 1. The minimum atomic E-state index is 0.0759. The van der Waals surface area contributed by atoms with E-state index in [9.17, 15) is 4.79 Å². The number of carbonyl (C=O) groups excluding carboxylic acids is 1. The van der Waals surface area contributed by atoms with Gasteiger partial charge in [-0.05, 0) is 29.8 Å². The molecule has 2 heterocycles. The number of hydrogen-bond donors (Lipinski definition) is 1. The normalized spacial score (nSPS) is 16.1. The van der Waals surface area contributed by atoms with Crippen molar-refractivity contribution < 1.29 is 9.53 Å². The van der Waals surface area contributed by atoms with Crippen LogP contribution in [0.1, 0.15) is 17.8 Å². The first-order chi connectivity index (χ1) is 10.1. The summed E-state index contributed by atoms with van der Waals surface area (Å²) in [5, 5.41) is 7.37. The Morgan fingerprint density at radius 3 is 2.67 bits per heavy atom. The van der Waals surface area contributed by atoms with Crippen LogP contribution in [0.25, 0.3) is 0 Å². The molecule has 1 N–H and O–H groups in total. The molecule has 1 amide bonds. The zero-order valence-corrected chi connectivity index (χ0v) is 14.3. The first kappa shape index (κ1) is 16.5. The van der Waals surface area contributed by atoms with Gasteiger partial charge in [0.05, 0.1) is 29.9 Å². The van der Waals surface area contributed by atoms with Crippen LogP contribution in [0.3, 0.4) is 0 Å². The fraction of sp³-hybridized carbons (Fsp3) is 0.714. The largest absolute Gasteiger partial charge is 0.379 e. The number of carbonyl (C=O) groups is 1. The van der Waals surface area contributed by atoms with Crippen molar-refractivity contribution in [2.45, 2.75) is 26.8 Å². The summed E-state index contributed by atoms with van der Waals surface area (Å²) in [5.41, 5.74) is 2.02. The van der Waals surface area contributed by atoms with Crippen molar-refractivity contribution >= 4 is 21.8 Å². The molecule has 1 aliphatic rings. The van der Waals surface area contributed by atoms with E-state index in [0.717, 1.165) is 48.7 Å². The highest BCUT2D eigenvalue weighted by atomic mass is 79.9. The topological polar surface area (TPSA) is 59.4 Å². The predicted molar refractivity (Wildman–Crippen MR) is 84.3 cm³/mol. The van der Waals surface area contributed by atoms with E-state index in [1.165, 1.54) is 0 Å². The van der Waals surface area contributed by atoms with Crippen LogP contribution in [0.15, 0.2) is 4.47 Å². The van der Waals surface area contributed by atoms with E-state index < -0.39 is 0 Å². The average molecular weight is 359 g/mol. The molecule has 0 aromatic carbocycles. The number of ether oxygens (including phenoxy) is 1. The van der Waals surface area contributed by atoms with Crippen LogP contribution in [0, 0.1) is 13.8 Å². The van der Waals surface area contributed by atoms with E-state index in [0.29, 0.717) is 19.5 Å². The van der Waals surface area contributed by atoms with Crippen molar-refractivity contribution in [3.63, 3.8) is 0 Å². The molecule has 1 aromatic rings. The van der Waals surface area contributed by atoms with Crippen LogP contribution in [-0.2, 0) is 16.1 Å². The maximum atomic E-state index is 11.9. The molecule has 7 heteroatoms. The van der Waals surface area contributed by atoms with Crippen molar-refractivity contribution in [1.82, 2.24) is 20.0 Å². The molecule has 0 bridgehead atoms. The van der Waals surface area contributed by atoms with Crippen LogP contribution in [0.2, 0.25) is 0 Å². The van der Waals surface area contributed by atoms with Crippen LogP contribution in [-0.4, -0.2) is 60.0 Å².